The van der Waals surface area contributed by atoms with E-state index in [-0.39, 0.29) is 23.8 Å². The number of hydrogen-bond acceptors (Lipinski definition) is 5. The van der Waals surface area contributed by atoms with Crippen LogP contribution in [-0.2, 0) is 23.0 Å². The van der Waals surface area contributed by atoms with Gasteiger partial charge in [-0.3, -0.25) is 4.31 Å². The molecule has 0 heterocycles. The highest BCUT2D eigenvalue weighted by Gasteiger charge is 2.25. The Bertz CT molecular complexity index is 1070. The van der Waals surface area contributed by atoms with Crippen LogP contribution in [0.15, 0.2) is 83.8 Å². The van der Waals surface area contributed by atoms with Gasteiger partial charge in [0.15, 0.2) is 0 Å². The van der Waals surface area contributed by atoms with Gasteiger partial charge < -0.3 is 15.1 Å². The van der Waals surface area contributed by atoms with E-state index in [0.717, 1.165) is 30.5 Å². The van der Waals surface area contributed by atoms with Crippen LogP contribution in [0.3, 0.4) is 0 Å². The lowest BCUT2D eigenvalue weighted by molar-refractivity contribution is 0.220. The van der Waals surface area contributed by atoms with Gasteiger partial charge in [0.25, 0.3) is 10.0 Å². The van der Waals surface area contributed by atoms with E-state index in [9.17, 15) is 13.5 Å². The van der Waals surface area contributed by atoms with Gasteiger partial charge in [0, 0.05) is 6.54 Å². The molecule has 0 aliphatic carbocycles. The second-order valence-corrected chi connectivity index (χ2v) is 9.65. The summed E-state index contributed by atoms with van der Waals surface area (Å²) in [5, 5.41) is 18.6. The molecule has 0 spiro atoms. The Kier molecular flexibility index (Phi) is 8.27. The average Bonchev–Trinajstić information content (AvgIpc) is 2.80. The quantitative estimate of drug-likeness (QED) is 0.462. The second kappa shape index (κ2) is 11.1. The summed E-state index contributed by atoms with van der Waals surface area (Å²) in [5.74, 6) is 0.139. The molecule has 0 aromatic heterocycles. The minimum atomic E-state index is -3.77. The summed E-state index contributed by atoms with van der Waals surface area (Å²) in [6.07, 6.45) is 1.83. The summed E-state index contributed by atoms with van der Waals surface area (Å²) >= 11 is 0. The molecule has 0 saturated carbocycles. The van der Waals surface area contributed by atoms with Crippen molar-refractivity contribution in [2.45, 2.75) is 24.3 Å². The Hall–Kier alpha value is -2.87. The third-order valence-electron chi connectivity index (χ3n) is 5.31. The van der Waals surface area contributed by atoms with Gasteiger partial charge in [0.2, 0.25) is 0 Å². The van der Waals surface area contributed by atoms with E-state index in [1.807, 2.05) is 31.3 Å². The summed E-state index contributed by atoms with van der Waals surface area (Å²) in [6, 6.07) is 22.6. The van der Waals surface area contributed by atoms with E-state index >= 15 is 0 Å². The first-order chi connectivity index (χ1) is 15.4. The molecule has 0 saturated heterocycles. The zero-order valence-electron chi connectivity index (χ0n) is 18.3. The van der Waals surface area contributed by atoms with Crippen molar-refractivity contribution < 1.29 is 18.6 Å². The predicted octanol–water partition coefficient (Wildman–Crippen LogP) is 3.64. The van der Waals surface area contributed by atoms with Gasteiger partial charge in [0.1, 0.15) is 5.75 Å². The third-order valence-corrected chi connectivity index (χ3v) is 7.09. The fraction of sp³-hybridized carbons (Fsp3) is 0.280. The number of rotatable bonds is 11. The number of sulfonamides is 1. The van der Waals surface area contributed by atoms with Crippen LogP contribution in [0.4, 0.5) is 5.69 Å². The second-order valence-electron chi connectivity index (χ2n) is 7.79. The number of phenolic OH excluding ortho intramolecular Hbond substituents is 1. The Labute approximate surface area is 190 Å². The zero-order chi connectivity index (χ0) is 23.0. The van der Waals surface area contributed by atoms with Crippen LogP contribution in [0.2, 0.25) is 0 Å². The lowest BCUT2D eigenvalue weighted by Crippen LogP contribution is -2.30. The smallest absolute Gasteiger partial charge is 0.264 e. The first-order valence-corrected chi connectivity index (χ1v) is 12.1. The van der Waals surface area contributed by atoms with Gasteiger partial charge in [-0.1, -0.05) is 42.5 Å². The van der Waals surface area contributed by atoms with Crippen LogP contribution >= 0.6 is 0 Å². The molecule has 0 amide bonds. The largest absolute Gasteiger partial charge is 0.508 e. The number of hydrogen-bond donors (Lipinski definition) is 2. The molecule has 2 N–H and O–H groups in total. The van der Waals surface area contributed by atoms with Gasteiger partial charge in [0.05, 0.1) is 23.7 Å². The number of benzene rings is 3. The maximum Gasteiger partial charge on any atom is 0.264 e. The molecule has 0 atom stereocenters. The highest BCUT2D eigenvalue weighted by atomic mass is 32.2. The van der Waals surface area contributed by atoms with E-state index < -0.39 is 10.0 Å². The number of aliphatic hydroxyl groups excluding tert-OH is 1. The maximum absolute atomic E-state index is 13.4. The Morgan fingerprint density at radius 3 is 2.06 bits per heavy atom. The summed E-state index contributed by atoms with van der Waals surface area (Å²) in [5.41, 5.74) is 2.49. The third kappa shape index (κ3) is 6.32. The summed E-state index contributed by atoms with van der Waals surface area (Å²) in [6.45, 7) is 1.85. The van der Waals surface area contributed by atoms with Crippen molar-refractivity contribution in [3.05, 3.63) is 90.0 Å². The minimum absolute atomic E-state index is 0.139. The highest BCUT2D eigenvalue weighted by molar-refractivity contribution is 7.92. The topological polar surface area (TPSA) is 81.1 Å². The molecule has 0 unspecified atom stereocenters. The molecule has 0 fully saturated rings. The molecule has 7 heteroatoms. The highest BCUT2D eigenvalue weighted by Crippen LogP contribution is 2.27. The molecule has 0 radical (unpaired) electrons. The van der Waals surface area contributed by atoms with Crippen molar-refractivity contribution in [2.24, 2.45) is 0 Å². The number of anilines is 1. The molecule has 0 aliphatic rings. The number of likely N-dealkylation sites (N-methyl/N-ethyl adjacent to an activating group) is 1. The van der Waals surface area contributed by atoms with E-state index in [1.165, 1.54) is 4.31 Å². The summed E-state index contributed by atoms with van der Waals surface area (Å²) in [4.78, 5) is 2.31. The van der Waals surface area contributed by atoms with E-state index in [2.05, 4.69) is 4.90 Å². The van der Waals surface area contributed by atoms with Crippen molar-refractivity contribution in [1.82, 2.24) is 4.90 Å². The van der Waals surface area contributed by atoms with Crippen LogP contribution in [0.25, 0.3) is 0 Å². The maximum atomic E-state index is 13.4. The van der Waals surface area contributed by atoms with Crippen LogP contribution in [0, 0.1) is 0 Å². The molecule has 3 aromatic rings. The van der Waals surface area contributed by atoms with Gasteiger partial charge in [-0.25, -0.2) is 8.42 Å². The van der Waals surface area contributed by atoms with Crippen LogP contribution in [0.5, 0.6) is 5.75 Å². The molecule has 0 aliphatic heterocycles. The van der Waals surface area contributed by atoms with E-state index in [1.54, 1.807) is 54.6 Å². The van der Waals surface area contributed by atoms with Crippen molar-refractivity contribution >= 4 is 15.7 Å². The fourth-order valence-corrected chi connectivity index (χ4v) is 4.94. The zero-order valence-corrected chi connectivity index (χ0v) is 19.1. The summed E-state index contributed by atoms with van der Waals surface area (Å²) < 4.78 is 28.3. The minimum Gasteiger partial charge on any atom is -0.508 e. The van der Waals surface area contributed by atoms with Crippen LogP contribution < -0.4 is 4.31 Å². The first kappa shape index (κ1) is 23.8. The van der Waals surface area contributed by atoms with Crippen molar-refractivity contribution in [3.8, 4) is 5.75 Å². The standard InChI is InChI=1S/C25H30N2O4S/c1-26(18-19-28)17-5-6-21-9-13-23(14-10-21)27(20-22-11-15-24(29)16-12-22)32(30,31)25-7-3-2-4-8-25/h2-4,7-16,28-29H,5-6,17-20H2,1H3. The van der Waals surface area contributed by atoms with Gasteiger partial charge in [-0.05, 0) is 74.0 Å². The summed E-state index contributed by atoms with van der Waals surface area (Å²) in [7, 11) is -1.79. The molecule has 32 heavy (non-hydrogen) atoms. The predicted molar refractivity (Wildman–Crippen MR) is 127 cm³/mol. The Morgan fingerprint density at radius 2 is 1.44 bits per heavy atom. The molecular weight excluding hydrogens is 424 g/mol. The van der Waals surface area contributed by atoms with Crippen molar-refractivity contribution in [3.63, 3.8) is 0 Å². The van der Waals surface area contributed by atoms with E-state index in [4.69, 9.17) is 5.11 Å². The first-order valence-electron chi connectivity index (χ1n) is 10.6. The van der Waals surface area contributed by atoms with E-state index in [0.29, 0.717) is 12.2 Å². The Balaban J connectivity index is 1.82. The van der Waals surface area contributed by atoms with Crippen LogP contribution in [0.1, 0.15) is 17.5 Å². The molecular formula is C25H30N2O4S. The lowest BCUT2D eigenvalue weighted by Gasteiger charge is -2.25. The number of phenols is 1. The number of aryl methyl sites for hydroxylation is 1. The van der Waals surface area contributed by atoms with Gasteiger partial charge in [-0.2, -0.15) is 0 Å². The van der Waals surface area contributed by atoms with Crippen molar-refractivity contribution in [2.75, 3.05) is 31.0 Å². The molecule has 0 bridgehead atoms. The molecule has 6 nitrogen and oxygen atoms in total. The van der Waals surface area contributed by atoms with Crippen molar-refractivity contribution in [1.29, 1.82) is 0 Å². The molecule has 3 rings (SSSR count). The SMILES string of the molecule is CN(CCO)CCCc1ccc(N(Cc2ccc(O)cc2)S(=O)(=O)c2ccccc2)cc1. The van der Waals surface area contributed by atoms with Gasteiger partial charge in [-0.15, -0.1) is 0 Å². The number of aliphatic hydroxyl groups is 1. The normalized spacial score (nSPS) is 11.6. The Morgan fingerprint density at radius 1 is 0.812 bits per heavy atom. The lowest BCUT2D eigenvalue weighted by atomic mass is 10.1. The average molecular weight is 455 g/mol. The fourth-order valence-electron chi connectivity index (χ4n) is 3.47. The van der Waals surface area contributed by atoms with Gasteiger partial charge >= 0.3 is 0 Å². The number of aromatic hydroxyl groups is 1. The molecule has 3 aromatic carbocycles. The van der Waals surface area contributed by atoms with Crippen LogP contribution in [-0.4, -0.2) is 50.3 Å². The molecule has 170 valence electrons. The monoisotopic (exact) mass is 454 g/mol. The number of nitrogens with zero attached hydrogens (tertiary/aromatic N) is 2.